The van der Waals surface area contributed by atoms with Gasteiger partial charge in [-0.15, -0.1) is 0 Å². The van der Waals surface area contributed by atoms with Crippen molar-refractivity contribution in [1.29, 1.82) is 0 Å². The largest absolute Gasteiger partial charge is 0.494 e. The average Bonchev–Trinajstić information content (AvgIpc) is 2.75. The van der Waals surface area contributed by atoms with Gasteiger partial charge in [0.1, 0.15) is 5.75 Å². The molecule has 2 aromatic carbocycles. The van der Waals surface area contributed by atoms with Gasteiger partial charge >= 0.3 is 5.97 Å². The summed E-state index contributed by atoms with van der Waals surface area (Å²) in [5, 5.41) is 17.8. The molecule has 0 saturated carbocycles. The second-order valence-corrected chi connectivity index (χ2v) is 8.40. The molecule has 0 aromatic heterocycles. The number of ether oxygens (including phenoxy) is 1. The molecule has 4 N–H and O–H groups in total. The lowest BCUT2D eigenvalue weighted by Crippen LogP contribution is -2.52. The Hall–Kier alpha value is -3.26. The van der Waals surface area contributed by atoms with E-state index in [1.54, 1.807) is 48.5 Å². The summed E-state index contributed by atoms with van der Waals surface area (Å²) in [5.74, 6) is -0.701. The number of carboxylic acids is 1. The van der Waals surface area contributed by atoms with Gasteiger partial charge in [-0.3, -0.25) is 14.4 Å². The Bertz CT molecular complexity index is 934. The van der Waals surface area contributed by atoms with Crippen molar-refractivity contribution in [2.24, 2.45) is 5.92 Å². The third-order valence-electron chi connectivity index (χ3n) is 4.47. The normalized spacial score (nSPS) is 11.5. The molecule has 8 nitrogen and oxygen atoms in total. The van der Waals surface area contributed by atoms with Gasteiger partial charge in [0, 0.05) is 23.7 Å². The molecule has 0 aliphatic carbocycles. The number of nitrogens with one attached hydrogen (secondary N) is 3. The molecule has 2 aromatic rings. The molecular weight excluding hydrogens is 446 g/mol. The van der Waals surface area contributed by atoms with Crippen LogP contribution in [0.25, 0.3) is 0 Å². The molecule has 0 radical (unpaired) electrons. The predicted molar refractivity (Wildman–Crippen MR) is 127 cm³/mol. The topological polar surface area (TPSA) is 117 Å². The Balaban J connectivity index is 2.00. The fourth-order valence-electron chi connectivity index (χ4n) is 2.85. The van der Waals surface area contributed by atoms with Crippen LogP contribution in [0.2, 0.25) is 5.02 Å². The molecule has 2 amide bonds. The number of benzene rings is 2. The van der Waals surface area contributed by atoms with Gasteiger partial charge < -0.3 is 25.8 Å². The van der Waals surface area contributed by atoms with Gasteiger partial charge in [0.05, 0.1) is 13.0 Å². The van der Waals surface area contributed by atoms with Gasteiger partial charge in [0.2, 0.25) is 5.91 Å². The van der Waals surface area contributed by atoms with Crippen molar-refractivity contribution in [1.82, 2.24) is 10.6 Å². The highest BCUT2D eigenvalue weighted by atomic mass is 35.5. The van der Waals surface area contributed by atoms with E-state index in [0.717, 1.165) is 5.56 Å². The van der Waals surface area contributed by atoms with E-state index in [0.29, 0.717) is 36.0 Å². The first-order valence-electron chi connectivity index (χ1n) is 10.8. The van der Waals surface area contributed by atoms with E-state index in [1.807, 2.05) is 13.8 Å². The van der Waals surface area contributed by atoms with Gasteiger partial charge in [0.15, 0.2) is 6.17 Å². The zero-order valence-corrected chi connectivity index (χ0v) is 19.5. The van der Waals surface area contributed by atoms with Crippen LogP contribution in [0.3, 0.4) is 0 Å². The predicted octanol–water partition coefficient (Wildman–Crippen LogP) is 3.45. The number of hydrogen-bond acceptors (Lipinski definition) is 5. The van der Waals surface area contributed by atoms with Gasteiger partial charge in [-0.25, -0.2) is 0 Å². The van der Waals surface area contributed by atoms with Crippen LogP contribution in [0.15, 0.2) is 48.5 Å². The maximum Gasteiger partial charge on any atom is 0.303 e. The zero-order valence-electron chi connectivity index (χ0n) is 18.8. The maximum absolute atomic E-state index is 12.7. The highest BCUT2D eigenvalue weighted by Gasteiger charge is 2.21. The fourth-order valence-corrected chi connectivity index (χ4v) is 3.06. The Kier molecular flexibility index (Phi) is 10.5. The van der Waals surface area contributed by atoms with E-state index in [2.05, 4.69) is 16.0 Å². The van der Waals surface area contributed by atoms with Crippen molar-refractivity contribution in [2.75, 3.05) is 18.5 Å². The molecule has 0 spiro atoms. The number of amides is 2. The zero-order chi connectivity index (χ0) is 24.2. The summed E-state index contributed by atoms with van der Waals surface area (Å²) in [6.07, 6.45) is -0.439. The third kappa shape index (κ3) is 10.3. The fraction of sp³-hybridized carbons (Fsp3) is 0.375. The first-order chi connectivity index (χ1) is 15.7. The minimum Gasteiger partial charge on any atom is -0.494 e. The quantitative estimate of drug-likeness (QED) is 0.260. The summed E-state index contributed by atoms with van der Waals surface area (Å²) in [4.78, 5) is 35.8. The molecule has 0 saturated heterocycles. The molecule has 0 aliphatic heterocycles. The van der Waals surface area contributed by atoms with Crippen LogP contribution in [0, 0.1) is 5.92 Å². The van der Waals surface area contributed by atoms with Crippen molar-refractivity contribution in [3.8, 4) is 5.75 Å². The molecule has 0 bridgehead atoms. The molecule has 0 heterocycles. The smallest absolute Gasteiger partial charge is 0.303 e. The van der Waals surface area contributed by atoms with Crippen molar-refractivity contribution >= 4 is 35.1 Å². The van der Waals surface area contributed by atoms with Crippen molar-refractivity contribution in [3.63, 3.8) is 0 Å². The lowest BCUT2D eigenvalue weighted by molar-refractivity contribution is -0.137. The number of rotatable bonds is 13. The molecule has 2 rings (SSSR count). The summed E-state index contributed by atoms with van der Waals surface area (Å²) < 4.78 is 5.52. The maximum atomic E-state index is 12.7. The van der Waals surface area contributed by atoms with Crippen LogP contribution >= 0.6 is 11.6 Å². The molecule has 1 unspecified atom stereocenters. The number of carboxylic acid groups (broad SMARTS) is 1. The Morgan fingerprint density at radius 1 is 1.09 bits per heavy atom. The van der Waals surface area contributed by atoms with Crippen LogP contribution in [-0.4, -0.2) is 42.2 Å². The number of anilines is 1. The monoisotopic (exact) mass is 475 g/mol. The van der Waals surface area contributed by atoms with Crippen LogP contribution < -0.4 is 20.7 Å². The molecule has 1 atom stereocenters. The standard InChI is InChI=1S/C24H30ClN3O5/c1-16(2)15-26-24(32)23(28-21(29)14-17-5-3-6-18(25)13-17)27-19-8-10-20(11-9-19)33-12-4-7-22(30)31/h3,5-6,8-11,13,16,23,27H,4,7,12,14-15H2,1-2H3,(H,26,32)(H,28,29)(H,30,31). The number of carbonyl (C=O) groups excluding carboxylic acids is 2. The second-order valence-electron chi connectivity index (χ2n) is 7.96. The highest BCUT2D eigenvalue weighted by Crippen LogP contribution is 2.17. The van der Waals surface area contributed by atoms with Gasteiger partial charge in [-0.2, -0.15) is 0 Å². The molecule has 9 heteroatoms. The van der Waals surface area contributed by atoms with Crippen molar-refractivity contribution in [3.05, 3.63) is 59.1 Å². The first kappa shape index (κ1) is 26.0. The Labute approximate surface area is 198 Å². The highest BCUT2D eigenvalue weighted by molar-refractivity contribution is 6.30. The number of carbonyl (C=O) groups is 3. The van der Waals surface area contributed by atoms with E-state index in [4.69, 9.17) is 21.4 Å². The van der Waals surface area contributed by atoms with E-state index in [-0.39, 0.29) is 30.6 Å². The summed E-state index contributed by atoms with van der Waals surface area (Å²) in [7, 11) is 0. The number of aliphatic carboxylic acids is 1. The summed E-state index contributed by atoms with van der Waals surface area (Å²) >= 11 is 5.98. The van der Waals surface area contributed by atoms with E-state index >= 15 is 0 Å². The summed E-state index contributed by atoms with van der Waals surface area (Å²) in [6, 6.07) is 13.9. The molecule has 0 fully saturated rings. The van der Waals surface area contributed by atoms with Crippen molar-refractivity contribution < 1.29 is 24.2 Å². The molecule has 33 heavy (non-hydrogen) atoms. The number of halogens is 1. The first-order valence-corrected chi connectivity index (χ1v) is 11.1. The average molecular weight is 476 g/mol. The molecule has 178 valence electrons. The van der Waals surface area contributed by atoms with E-state index in [9.17, 15) is 14.4 Å². The summed E-state index contributed by atoms with van der Waals surface area (Å²) in [6.45, 7) is 4.73. The van der Waals surface area contributed by atoms with Crippen molar-refractivity contribution in [2.45, 2.75) is 39.3 Å². The lowest BCUT2D eigenvalue weighted by atomic mass is 10.1. The third-order valence-corrected chi connectivity index (χ3v) is 4.71. The van der Waals surface area contributed by atoms with Crippen LogP contribution in [-0.2, 0) is 20.8 Å². The second kappa shape index (κ2) is 13.3. The minimum absolute atomic E-state index is 0.0433. The van der Waals surface area contributed by atoms with E-state index in [1.165, 1.54) is 0 Å². The van der Waals surface area contributed by atoms with Gasteiger partial charge in [-0.05, 0) is 54.3 Å². The molecule has 0 aliphatic rings. The van der Waals surface area contributed by atoms with Gasteiger partial charge in [-0.1, -0.05) is 37.6 Å². The number of hydrogen-bond donors (Lipinski definition) is 4. The van der Waals surface area contributed by atoms with E-state index < -0.39 is 12.1 Å². The Morgan fingerprint density at radius 2 is 1.82 bits per heavy atom. The molecular formula is C24H30ClN3O5. The minimum atomic E-state index is -0.974. The van der Waals surface area contributed by atoms with Gasteiger partial charge in [0.25, 0.3) is 5.91 Å². The lowest BCUT2D eigenvalue weighted by Gasteiger charge is -2.21. The Morgan fingerprint density at radius 3 is 2.45 bits per heavy atom. The van der Waals surface area contributed by atoms with Crippen LogP contribution in [0.4, 0.5) is 5.69 Å². The van der Waals surface area contributed by atoms with Crippen LogP contribution in [0.5, 0.6) is 5.75 Å². The SMILES string of the molecule is CC(C)CNC(=O)C(NC(=O)Cc1cccc(Cl)c1)Nc1ccc(OCCCC(=O)O)cc1. The summed E-state index contributed by atoms with van der Waals surface area (Å²) in [5.41, 5.74) is 1.35. The van der Waals surface area contributed by atoms with Crippen LogP contribution in [0.1, 0.15) is 32.3 Å².